The fraction of sp³-hybridized carbons (Fsp3) is 0.393. The topological polar surface area (TPSA) is 123 Å². The maximum atomic E-state index is 14.8. The van der Waals surface area contributed by atoms with Crippen molar-refractivity contribution in [3.05, 3.63) is 58.9 Å². The quantitative estimate of drug-likeness (QED) is 0.387. The summed E-state index contributed by atoms with van der Waals surface area (Å²) in [7, 11) is 2.00. The third kappa shape index (κ3) is 4.60. The van der Waals surface area contributed by atoms with E-state index >= 15 is 0 Å². The predicted octanol–water partition coefficient (Wildman–Crippen LogP) is 3.11. The molecule has 196 valence electrons. The molecular weight excluding hydrogens is 489 g/mol. The molecule has 9 nitrogen and oxygen atoms in total. The van der Waals surface area contributed by atoms with Crippen LogP contribution in [0.25, 0.3) is 0 Å². The maximum absolute atomic E-state index is 14.8. The Labute approximate surface area is 219 Å². The lowest BCUT2D eigenvalue weighted by Crippen LogP contribution is -2.54. The van der Waals surface area contributed by atoms with Crippen LogP contribution in [0, 0.1) is 17.1 Å². The van der Waals surface area contributed by atoms with Crippen LogP contribution in [0.15, 0.2) is 36.4 Å². The van der Waals surface area contributed by atoms with E-state index in [1.54, 1.807) is 0 Å². The van der Waals surface area contributed by atoms with Gasteiger partial charge in [0.25, 0.3) is 11.8 Å². The van der Waals surface area contributed by atoms with E-state index in [1.165, 1.54) is 6.07 Å². The summed E-state index contributed by atoms with van der Waals surface area (Å²) in [6, 6.07) is 11.8. The van der Waals surface area contributed by atoms with Crippen LogP contribution in [-0.2, 0) is 15.0 Å². The Kier molecular flexibility index (Phi) is 6.61. The number of benzene rings is 2. The number of imide groups is 2. The summed E-state index contributed by atoms with van der Waals surface area (Å²) >= 11 is 0. The number of unbranched alkanes of at least 4 members (excludes halogenated alkanes) is 1. The van der Waals surface area contributed by atoms with Crippen molar-refractivity contribution in [2.45, 2.75) is 50.0 Å². The third-order valence-electron chi connectivity index (χ3n) is 7.59. The van der Waals surface area contributed by atoms with Crippen molar-refractivity contribution < 1.29 is 23.6 Å². The smallest absolute Gasteiger partial charge is 0.262 e. The number of hydrogen-bond donors (Lipinski definition) is 2. The molecule has 0 radical (unpaired) electrons. The molecule has 2 aliphatic heterocycles. The highest BCUT2D eigenvalue weighted by Crippen LogP contribution is 2.47. The van der Waals surface area contributed by atoms with E-state index < -0.39 is 35.5 Å². The Morgan fingerprint density at radius 1 is 1.11 bits per heavy atom. The molecule has 0 bridgehead atoms. The van der Waals surface area contributed by atoms with Gasteiger partial charge >= 0.3 is 0 Å². The standard InChI is InChI=1S/C28H28FN5O4/c1-33(18-6-4-17(5-7-18)28(16-30)10-11-28)13-3-2-12-31-22-15-20-19(14-21(22)29)26(37)34(27(20)38)23-8-9-24(35)32-25(23)36/h4-7,14-15,23,31H,2-3,8-13H2,1H3,(H,32,35,36). The summed E-state index contributed by atoms with van der Waals surface area (Å²) in [5.41, 5.74) is 1.90. The Bertz CT molecular complexity index is 1360. The molecule has 0 spiro atoms. The molecule has 5 rings (SSSR count). The summed E-state index contributed by atoms with van der Waals surface area (Å²) < 4.78 is 14.8. The van der Waals surface area contributed by atoms with E-state index in [1.807, 2.05) is 31.3 Å². The second kappa shape index (κ2) is 9.89. The van der Waals surface area contributed by atoms with Gasteiger partial charge in [0, 0.05) is 32.2 Å². The summed E-state index contributed by atoms with van der Waals surface area (Å²) in [5.74, 6) is -3.22. The number of nitrogens with zero attached hydrogens (tertiary/aromatic N) is 3. The number of carbonyl (C=O) groups excluding carboxylic acids is 4. The van der Waals surface area contributed by atoms with E-state index in [0.717, 1.165) is 54.4 Å². The monoisotopic (exact) mass is 517 g/mol. The first kappa shape index (κ1) is 25.4. The Balaban J connectivity index is 1.14. The van der Waals surface area contributed by atoms with Crippen molar-refractivity contribution in [2.24, 2.45) is 0 Å². The van der Waals surface area contributed by atoms with Crippen molar-refractivity contribution in [2.75, 3.05) is 30.4 Å². The number of rotatable bonds is 9. The molecule has 2 fully saturated rings. The van der Waals surface area contributed by atoms with Crippen LogP contribution >= 0.6 is 0 Å². The highest BCUT2D eigenvalue weighted by Gasteiger charge is 2.45. The molecule has 1 atom stereocenters. The van der Waals surface area contributed by atoms with Crippen molar-refractivity contribution in [3.63, 3.8) is 0 Å². The van der Waals surface area contributed by atoms with Crippen molar-refractivity contribution in [1.82, 2.24) is 10.2 Å². The molecule has 2 heterocycles. The molecule has 10 heteroatoms. The Hall–Kier alpha value is -4.26. The molecule has 4 amide bonds. The molecular formula is C28H28FN5O4. The van der Waals surface area contributed by atoms with E-state index in [0.29, 0.717) is 6.54 Å². The Morgan fingerprint density at radius 3 is 2.42 bits per heavy atom. The average Bonchev–Trinajstić information content (AvgIpc) is 3.67. The van der Waals surface area contributed by atoms with E-state index in [2.05, 4.69) is 21.6 Å². The molecule has 2 aromatic rings. The zero-order chi connectivity index (χ0) is 27.0. The largest absolute Gasteiger partial charge is 0.383 e. The molecule has 1 saturated heterocycles. The first-order chi connectivity index (χ1) is 18.2. The molecule has 1 unspecified atom stereocenters. The highest BCUT2D eigenvalue weighted by molar-refractivity contribution is 6.23. The van der Waals surface area contributed by atoms with Crippen LogP contribution in [0.1, 0.15) is 64.8 Å². The van der Waals surface area contributed by atoms with Gasteiger partial charge in [0.1, 0.15) is 11.9 Å². The first-order valence-electron chi connectivity index (χ1n) is 12.8. The van der Waals surface area contributed by atoms with Gasteiger partial charge in [0.05, 0.1) is 28.3 Å². The lowest BCUT2D eigenvalue weighted by atomic mass is 9.97. The zero-order valence-electron chi connectivity index (χ0n) is 21.1. The van der Waals surface area contributed by atoms with E-state index in [9.17, 15) is 28.8 Å². The fourth-order valence-corrected chi connectivity index (χ4v) is 5.08. The zero-order valence-corrected chi connectivity index (χ0v) is 21.1. The minimum Gasteiger partial charge on any atom is -0.383 e. The van der Waals surface area contributed by atoms with E-state index in [4.69, 9.17) is 0 Å². The van der Waals surface area contributed by atoms with Gasteiger partial charge in [-0.25, -0.2) is 4.39 Å². The van der Waals surface area contributed by atoms with Gasteiger partial charge < -0.3 is 10.2 Å². The van der Waals surface area contributed by atoms with Crippen molar-refractivity contribution in [1.29, 1.82) is 5.26 Å². The van der Waals surface area contributed by atoms with Gasteiger partial charge in [-0.05, 0) is 61.9 Å². The van der Waals surface area contributed by atoms with Gasteiger partial charge in [-0.3, -0.25) is 29.4 Å². The second-order valence-corrected chi connectivity index (χ2v) is 10.1. The third-order valence-corrected chi connectivity index (χ3v) is 7.59. The van der Waals surface area contributed by atoms with Crippen LogP contribution < -0.4 is 15.5 Å². The second-order valence-electron chi connectivity index (χ2n) is 10.1. The minimum absolute atomic E-state index is 0.0212. The SMILES string of the molecule is CN(CCCCNc1cc2c(cc1F)C(=O)N(C1CCC(=O)NC1=O)C2=O)c1ccc(C2(C#N)CC2)cc1. The number of hydrogen-bond acceptors (Lipinski definition) is 7. The number of anilines is 2. The normalized spacial score (nSPS) is 19.6. The number of amides is 4. The molecule has 38 heavy (non-hydrogen) atoms. The first-order valence-corrected chi connectivity index (χ1v) is 12.8. The van der Waals surface area contributed by atoms with Gasteiger partial charge in [-0.1, -0.05) is 12.1 Å². The van der Waals surface area contributed by atoms with Crippen LogP contribution in [0.5, 0.6) is 0 Å². The summed E-state index contributed by atoms with van der Waals surface area (Å²) in [6.45, 7) is 1.25. The number of halogens is 1. The molecule has 2 aromatic carbocycles. The van der Waals surface area contributed by atoms with Crippen molar-refractivity contribution in [3.8, 4) is 6.07 Å². The van der Waals surface area contributed by atoms with Crippen molar-refractivity contribution >= 4 is 35.0 Å². The van der Waals surface area contributed by atoms with Gasteiger partial charge in [0.15, 0.2) is 0 Å². The van der Waals surface area contributed by atoms with Gasteiger partial charge in [-0.2, -0.15) is 5.26 Å². The Morgan fingerprint density at radius 2 is 1.79 bits per heavy atom. The molecule has 3 aliphatic rings. The number of piperidine rings is 1. The van der Waals surface area contributed by atoms with Gasteiger partial charge in [-0.15, -0.1) is 0 Å². The lowest BCUT2D eigenvalue weighted by Gasteiger charge is -2.27. The maximum Gasteiger partial charge on any atom is 0.262 e. The molecule has 1 saturated carbocycles. The average molecular weight is 518 g/mol. The predicted molar refractivity (Wildman–Crippen MR) is 137 cm³/mol. The van der Waals surface area contributed by atoms with Crippen LogP contribution in [0.2, 0.25) is 0 Å². The van der Waals surface area contributed by atoms with E-state index in [-0.39, 0.29) is 35.1 Å². The summed E-state index contributed by atoms with van der Waals surface area (Å²) in [4.78, 5) is 52.3. The molecule has 1 aliphatic carbocycles. The lowest BCUT2D eigenvalue weighted by molar-refractivity contribution is -0.136. The van der Waals surface area contributed by atoms with Crippen LogP contribution in [0.3, 0.4) is 0 Å². The minimum atomic E-state index is -1.09. The number of nitriles is 1. The number of carbonyl (C=O) groups is 4. The van der Waals surface area contributed by atoms with Crippen LogP contribution in [-0.4, -0.2) is 54.7 Å². The number of fused-ring (bicyclic) bond motifs is 1. The highest BCUT2D eigenvalue weighted by atomic mass is 19.1. The summed E-state index contributed by atoms with van der Waals surface area (Å²) in [5, 5.41) is 14.5. The molecule has 0 aromatic heterocycles. The van der Waals surface area contributed by atoms with Crippen LogP contribution in [0.4, 0.5) is 15.8 Å². The number of nitrogens with one attached hydrogen (secondary N) is 2. The summed E-state index contributed by atoms with van der Waals surface area (Å²) in [6.07, 6.45) is 3.47. The fourth-order valence-electron chi connectivity index (χ4n) is 5.08. The molecule has 2 N–H and O–H groups in total. The van der Waals surface area contributed by atoms with Gasteiger partial charge in [0.2, 0.25) is 11.8 Å².